The van der Waals surface area contributed by atoms with Crippen LogP contribution in [0.4, 0.5) is 0 Å². The first-order valence-corrected chi connectivity index (χ1v) is 7.01. The molecule has 0 aliphatic carbocycles. The van der Waals surface area contributed by atoms with Crippen LogP contribution < -0.4 is 0 Å². The molecular weight excluding hydrogens is 280 g/mol. The molecule has 114 valence electrons. The average Bonchev–Trinajstić information content (AvgIpc) is 2.47. The summed E-state index contributed by atoms with van der Waals surface area (Å²) >= 11 is 0. The van der Waals surface area contributed by atoms with Crippen LogP contribution in [0.2, 0.25) is 0 Å². The number of pyridine rings is 2. The van der Waals surface area contributed by atoms with Crippen LogP contribution in [0.15, 0.2) is 42.9 Å². The van der Waals surface area contributed by atoms with Gasteiger partial charge in [-0.05, 0) is 49.2 Å². The normalized spacial score (nSPS) is 11.0. The third-order valence-corrected chi connectivity index (χ3v) is 3.08. The first-order valence-electron chi connectivity index (χ1n) is 7.01. The van der Waals surface area contributed by atoms with Crippen LogP contribution in [0.25, 0.3) is 11.1 Å². The van der Waals surface area contributed by atoms with Gasteiger partial charge < -0.3 is 9.53 Å². The van der Waals surface area contributed by atoms with E-state index in [1.807, 2.05) is 24.3 Å². The monoisotopic (exact) mass is 298 g/mol. The Morgan fingerprint density at radius 3 is 2.55 bits per heavy atom. The number of nitrogens with zero attached hydrogens (tertiary/aromatic N) is 2. The molecule has 0 aliphatic heterocycles. The molecule has 2 aromatic heterocycles. The molecule has 0 aliphatic rings. The standard InChI is InChI=1S/C17H18N2O3/c1-17(2,22-16(21)6-10-20)12-15-11-14(5-9-19-15)13-3-7-18-8-4-13/h3-5,7-11H,6,12H2,1-2H3. The van der Waals surface area contributed by atoms with E-state index >= 15 is 0 Å². The van der Waals surface area contributed by atoms with E-state index in [2.05, 4.69) is 9.97 Å². The molecule has 2 heterocycles. The fourth-order valence-electron chi connectivity index (χ4n) is 2.19. The first-order chi connectivity index (χ1) is 10.5. The van der Waals surface area contributed by atoms with Gasteiger partial charge in [0.15, 0.2) is 0 Å². The molecule has 0 saturated carbocycles. The average molecular weight is 298 g/mol. The summed E-state index contributed by atoms with van der Waals surface area (Å²) in [6.07, 6.45) is 5.99. The summed E-state index contributed by atoms with van der Waals surface area (Å²) in [6, 6.07) is 7.73. The van der Waals surface area contributed by atoms with E-state index in [0.717, 1.165) is 16.8 Å². The first kappa shape index (κ1) is 15.8. The maximum atomic E-state index is 11.5. The lowest BCUT2D eigenvalue weighted by molar-refractivity contribution is -0.156. The SMILES string of the molecule is CC(C)(Cc1cc(-c2ccncc2)ccn1)OC(=O)CC=O. The summed E-state index contributed by atoms with van der Waals surface area (Å²) < 4.78 is 5.31. The maximum Gasteiger partial charge on any atom is 0.313 e. The topological polar surface area (TPSA) is 69.2 Å². The summed E-state index contributed by atoms with van der Waals surface area (Å²) in [6.45, 7) is 3.60. The van der Waals surface area contributed by atoms with Crippen molar-refractivity contribution in [3.63, 3.8) is 0 Å². The quantitative estimate of drug-likeness (QED) is 0.466. The van der Waals surface area contributed by atoms with Crippen LogP contribution in [0.1, 0.15) is 26.0 Å². The third kappa shape index (κ3) is 4.48. The summed E-state index contributed by atoms with van der Waals surface area (Å²) in [7, 11) is 0. The van der Waals surface area contributed by atoms with Crippen molar-refractivity contribution in [2.24, 2.45) is 0 Å². The van der Waals surface area contributed by atoms with E-state index in [9.17, 15) is 9.59 Å². The number of esters is 1. The number of hydrogen-bond acceptors (Lipinski definition) is 5. The van der Waals surface area contributed by atoms with Crippen LogP contribution in [0.3, 0.4) is 0 Å². The van der Waals surface area contributed by atoms with Gasteiger partial charge in [-0.1, -0.05) is 0 Å². The zero-order chi connectivity index (χ0) is 16.0. The Morgan fingerprint density at radius 2 is 1.86 bits per heavy atom. The van der Waals surface area contributed by atoms with Gasteiger partial charge in [0.1, 0.15) is 18.3 Å². The van der Waals surface area contributed by atoms with Crippen molar-refractivity contribution in [1.82, 2.24) is 9.97 Å². The van der Waals surface area contributed by atoms with Gasteiger partial charge in [0.2, 0.25) is 0 Å². The lowest BCUT2D eigenvalue weighted by Gasteiger charge is -2.24. The van der Waals surface area contributed by atoms with Crippen LogP contribution in [-0.4, -0.2) is 27.8 Å². The summed E-state index contributed by atoms with van der Waals surface area (Å²) in [5, 5.41) is 0. The van der Waals surface area contributed by atoms with Gasteiger partial charge in [0.25, 0.3) is 0 Å². The molecule has 0 amide bonds. The Labute approximate surface area is 129 Å². The molecule has 0 spiro atoms. The molecule has 22 heavy (non-hydrogen) atoms. The van der Waals surface area contributed by atoms with Crippen molar-refractivity contribution in [1.29, 1.82) is 0 Å². The van der Waals surface area contributed by atoms with Crippen molar-refractivity contribution in [2.75, 3.05) is 0 Å². The molecule has 0 saturated heterocycles. The summed E-state index contributed by atoms with van der Waals surface area (Å²) in [5.41, 5.74) is 2.18. The number of aromatic nitrogens is 2. The smallest absolute Gasteiger partial charge is 0.313 e. The second-order valence-corrected chi connectivity index (χ2v) is 5.55. The summed E-state index contributed by atoms with van der Waals surface area (Å²) in [5.74, 6) is -0.523. The highest BCUT2D eigenvalue weighted by Gasteiger charge is 2.24. The highest BCUT2D eigenvalue weighted by Crippen LogP contribution is 2.22. The lowest BCUT2D eigenvalue weighted by atomic mass is 9.99. The minimum Gasteiger partial charge on any atom is -0.459 e. The molecule has 0 unspecified atom stereocenters. The number of hydrogen-bond donors (Lipinski definition) is 0. The van der Waals surface area contributed by atoms with Gasteiger partial charge in [-0.2, -0.15) is 0 Å². The Hall–Kier alpha value is -2.56. The largest absolute Gasteiger partial charge is 0.459 e. The van der Waals surface area contributed by atoms with E-state index in [0.29, 0.717) is 12.7 Å². The zero-order valence-corrected chi connectivity index (χ0v) is 12.7. The van der Waals surface area contributed by atoms with E-state index in [1.165, 1.54) is 0 Å². The van der Waals surface area contributed by atoms with E-state index < -0.39 is 11.6 Å². The van der Waals surface area contributed by atoms with Gasteiger partial charge in [-0.15, -0.1) is 0 Å². The second kappa shape index (κ2) is 6.93. The van der Waals surface area contributed by atoms with Crippen molar-refractivity contribution in [3.05, 3.63) is 48.5 Å². The molecule has 0 aromatic carbocycles. The number of ether oxygens (including phenoxy) is 1. The minimum absolute atomic E-state index is 0.228. The Bertz CT molecular complexity index is 654. The molecule has 0 fully saturated rings. The van der Waals surface area contributed by atoms with E-state index in [-0.39, 0.29) is 6.42 Å². The van der Waals surface area contributed by atoms with Crippen LogP contribution in [0.5, 0.6) is 0 Å². The minimum atomic E-state index is -0.718. The van der Waals surface area contributed by atoms with Gasteiger partial charge in [-0.3, -0.25) is 14.8 Å². The molecule has 0 N–H and O–H groups in total. The molecule has 0 radical (unpaired) electrons. The fourth-order valence-corrected chi connectivity index (χ4v) is 2.19. The van der Waals surface area contributed by atoms with Crippen molar-refractivity contribution >= 4 is 12.3 Å². The molecule has 0 bridgehead atoms. The highest BCUT2D eigenvalue weighted by atomic mass is 16.6. The number of rotatable bonds is 6. The fraction of sp³-hybridized carbons (Fsp3) is 0.294. The summed E-state index contributed by atoms with van der Waals surface area (Å²) in [4.78, 5) is 30.1. The Balaban J connectivity index is 2.13. The van der Waals surface area contributed by atoms with E-state index in [1.54, 1.807) is 32.4 Å². The molecule has 5 nitrogen and oxygen atoms in total. The van der Waals surface area contributed by atoms with Gasteiger partial charge in [-0.25, -0.2) is 0 Å². The molecule has 2 rings (SSSR count). The van der Waals surface area contributed by atoms with Crippen molar-refractivity contribution < 1.29 is 14.3 Å². The van der Waals surface area contributed by atoms with Gasteiger partial charge in [0.05, 0.1) is 0 Å². The van der Waals surface area contributed by atoms with Gasteiger partial charge >= 0.3 is 5.97 Å². The number of carbonyl (C=O) groups excluding carboxylic acids is 2. The number of carbonyl (C=O) groups is 2. The van der Waals surface area contributed by atoms with E-state index in [4.69, 9.17) is 4.74 Å². The second-order valence-electron chi connectivity index (χ2n) is 5.55. The predicted octanol–water partition coefficient (Wildman–Crippen LogP) is 2.60. The van der Waals surface area contributed by atoms with Gasteiger partial charge in [0, 0.05) is 30.7 Å². The zero-order valence-electron chi connectivity index (χ0n) is 12.7. The van der Waals surface area contributed by atoms with Crippen LogP contribution >= 0.6 is 0 Å². The highest BCUT2D eigenvalue weighted by molar-refractivity contribution is 5.83. The molecule has 5 heteroatoms. The van der Waals surface area contributed by atoms with Crippen molar-refractivity contribution in [2.45, 2.75) is 32.3 Å². The Kier molecular flexibility index (Phi) is 4.99. The predicted molar refractivity (Wildman–Crippen MR) is 82.0 cm³/mol. The maximum absolute atomic E-state index is 11.5. The molecule has 0 atom stereocenters. The third-order valence-electron chi connectivity index (χ3n) is 3.08. The van der Waals surface area contributed by atoms with Crippen LogP contribution in [-0.2, 0) is 20.7 Å². The Morgan fingerprint density at radius 1 is 1.18 bits per heavy atom. The number of aldehydes is 1. The molecule has 2 aromatic rings. The van der Waals surface area contributed by atoms with Crippen LogP contribution in [0, 0.1) is 0 Å². The lowest BCUT2D eigenvalue weighted by Crippen LogP contribution is -2.31. The van der Waals surface area contributed by atoms with Crippen molar-refractivity contribution in [3.8, 4) is 11.1 Å². The molecular formula is C17H18N2O3.